The number of nitrogens with one attached hydrogen (secondary N) is 1. The van der Waals surface area contributed by atoms with Gasteiger partial charge in [-0.25, -0.2) is 4.79 Å². The summed E-state index contributed by atoms with van der Waals surface area (Å²) in [5, 5.41) is 7.73. The molecule has 0 bridgehead atoms. The second-order valence-corrected chi connectivity index (χ2v) is 8.12. The van der Waals surface area contributed by atoms with Crippen molar-refractivity contribution in [3.63, 3.8) is 0 Å². The van der Waals surface area contributed by atoms with Crippen LogP contribution in [0.25, 0.3) is 0 Å². The van der Waals surface area contributed by atoms with E-state index in [0.717, 1.165) is 5.46 Å². The number of esters is 1. The van der Waals surface area contributed by atoms with E-state index in [1.54, 1.807) is 23.9 Å². The lowest BCUT2D eigenvalue weighted by molar-refractivity contribution is -0.147. The first-order valence-corrected chi connectivity index (χ1v) is 9.01. The molecule has 0 aromatic carbocycles. The van der Waals surface area contributed by atoms with E-state index in [1.807, 2.05) is 40.8 Å². The second-order valence-electron chi connectivity index (χ2n) is 8.12. The fourth-order valence-electron chi connectivity index (χ4n) is 3.37. The number of carbonyl (C=O) groups excluding carboxylic acids is 1. The smallest absolute Gasteiger partial charge is 0.464 e. The predicted octanol–water partition coefficient (Wildman–Crippen LogP) is 1.34. The molecule has 0 radical (unpaired) electrons. The molecular formula is C18H28BN3O4. The molecule has 0 amide bonds. The number of ether oxygens (including phenoxy) is 1. The fraction of sp³-hybridized carbons (Fsp3) is 0.667. The van der Waals surface area contributed by atoms with Crippen LogP contribution in [0.2, 0.25) is 0 Å². The highest BCUT2D eigenvalue weighted by Gasteiger charge is 2.71. The van der Waals surface area contributed by atoms with Crippen molar-refractivity contribution in [3.8, 4) is 0 Å². The Hall–Kier alpha value is -1.64. The first-order chi connectivity index (χ1) is 12.0. The Morgan fingerprint density at radius 1 is 1.35 bits per heavy atom. The lowest BCUT2D eigenvalue weighted by atomic mass is 9.82. The monoisotopic (exact) mass is 361 g/mol. The molecule has 2 fully saturated rings. The average Bonchev–Trinajstić information content (AvgIpc) is 2.85. The van der Waals surface area contributed by atoms with E-state index in [2.05, 4.69) is 17.0 Å². The van der Waals surface area contributed by atoms with E-state index >= 15 is 0 Å². The molecule has 2 atom stereocenters. The topological polar surface area (TPSA) is 84.5 Å². The summed E-state index contributed by atoms with van der Waals surface area (Å²) in [6.45, 7) is 15.9. The summed E-state index contributed by atoms with van der Waals surface area (Å²) >= 11 is 0. The highest BCUT2D eigenvalue weighted by molar-refractivity contribution is 6.62. The van der Waals surface area contributed by atoms with E-state index in [4.69, 9.17) is 14.0 Å². The third kappa shape index (κ3) is 2.62. The van der Waals surface area contributed by atoms with Crippen LogP contribution in [0.1, 0.15) is 48.0 Å². The van der Waals surface area contributed by atoms with Crippen LogP contribution in [0.15, 0.2) is 25.0 Å². The normalized spacial score (nSPS) is 31.7. The summed E-state index contributed by atoms with van der Waals surface area (Å²) in [5.74, 6) is -0.296. The maximum Gasteiger partial charge on any atom is 0.498 e. The molecule has 0 saturated carbocycles. The molecule has 2 saturated heterocycles. The summed E-state index contributed by atoms with van der Waals surface area (Å²) in [4.78, 5) is 12.5. The SMILES string of the molecule is C=CCC1(C(=O)OCC)NC1(C)n1cc(B2OC(C)(C)C(C)(C)O2)cn1. The van der Waals surface area contributed by atoms with Gasteiger partial charge in [0.15, 0.2) is 5.54 Å². The van der Waals surface area contributed by atoms with Crippen LogP contribution in [0.3, 0.4) is 0 Å². The van der Waals surface area contributed by atoms with Gasteiger partial charge in [0.1, 0.15) is 5.66 Å². The summed E-state index contributed by atoms with van der Waals surface area (Å²) in [6, 6.07) is 0. The molecule has 3 rings (SSSR count). The van der Waals surface area contributed by atoms with Gasteiger partial charge < -0.3 is 14.0 Å². The van der Waals surface area contributed by atoms with Gasteiger partial charge in [-0.3, -0.25) is 10.00 Å². The molecule has 1 aromatic rings. The molecule has 142 valence electrons. The maximum atomic E-state index is 12.5. The summed E-state index contributed by atoms with van der Waals surface area (Å²) in [5.41, 5.74) is -1.56. The third-order valence-electron chi connectivity index (χ3n) is 5.89. The number of aromatic nitrogens is 2. The van der Waals surface area contributed by atoms with Crippen molar-refractivity contribution in [3.05, 3.63) is 25.0 Å². The minimum absolute atomic E-state index is 0.296. The quantitative estimate of drug-likeness (QED) is 0.356. The van der Waals surface area contributed by atoms with Crippen molar-refractivity contribution < 1.29 is 18.8 Å². The molecule has 8 heteroatoms. The number of hydrogen-bond acceptors (Lipinski definition) is 6. The highest BCUT2D eigenvalue weighted by atomic mass is 16.7. The Labute approximate surface area is 155 Å². The van der Waals surface area contributed by atoms with Crippen molar-refractivity contribution in [2.45, 2.75) is 70.4 Å². The molecule has 26 heavy (non-hydrogen) atoms. The molecule has 1 N–H and O–H groups in total. The Bertz CT molecular complexity index is 716. The second kappa shape index (κ2) is 5.94. The Kier molecular flexibility index (Phi) is 4.37. The largest absolute Gasteiger partial charge is 0.498 e. The number of hydrogen-bond donors (Lipinski definition) is 1. The van der Waals surface area contributed by atoms with Crippen LogP contribution in [0.5, 0.6) is 0 Å². The molecular weight excluding hydrogens is 333 g/mol. The van der Waals surface area contributed by atoms with Crippen LogP contribution in [0, 0.1) is 0 Å². The molecule has 0 aliphatic carbocycles. The van der Waals surface area contributed by atoms with Crippen LogP contribution in [-0.4, -0.2) is 46.2 Å². The Morgan fingerprint density at radius 2 is 1.96 bits per heavy atom. The van der Waals surface area contributed by atoms with Crippen LogP contribution >= 0.6 is 0 Å². The van der Waals surface area contributed by atoms with Gasteiger partial charge in [0.2, 0.25) is 0 Å². The zero-order valence-corrected chi connectivity index (χ0v) is 16.5. The van der Waals surface area contributed by atoms with Crippen molar-refractivity contribution in [1.82, 2.24) is 15.1 Å². The van der Waals surface area contributed by atoms with Crippen molar-refractivity contribution in [2.24, 2.45) is 0 Å². The van der Waals surface area contributed by atoms with Crippen molar-refractivity contribution in [1.29, 1.82) is 0 Å². The minimum Gasteiger partial charge on any atom is -0.464 e. The summed E-state index contributed by atoms with van der Waals surface area (Å²) in [7, 11) is -0.493. The van der Waals surface area contributed by atoms with E-state index in [1.165, 1.54) is 0 Å². The van der Waals surface area contributed by atoms with Crippen LogP contribution in [0.4, 0.5) is 0 Å². The van der Waals surface area contributed by atoms with Crippen molar-refractivity contribution >= 4 is 18.6 Å². The highest BCUT2D eigenvalue weighted by Crippen LogP contribution is 2.46. The molecule has 1 aromatic heterocycles. The van der Waals surface area contributed by atoms with Gasteiger partial charge in [-0.05, 0) is 48.0 Å². The number of rotatable bonds is 6. The zero-order valence-electron chi connectivity index (χ0n) is 16.5. The lowest BCUT2D eigenvalue weighted by Crippen LogP contribution is -2.41. The van der Waals surface area contributed by atoms with E-state index in [-0.39, 0.29) is 5.97 Å². The Morgan fingerprint density at radius 3 is 2.50 bits per heavy atom. The van der Waals surface area contributed by atoms with Gasteiger partial charge in [0, 0.05) is 17.9 Å². The van der Waals surface area contributed by atoms with Crippen LogP contribution in [-0.2, 0) is 24.5 Å². The first-order valence-electron chi connectivity index (χ1n) is 9.01. The standard InChI is InChI=1S/C18H28BN3O4/c1-8-10-18(14(23)24-9-2)17(7,21-18)22-12-13(11-20-22)19-25-15(3,4)16(5,6)26-19/h8,11-12,21H,1,9-10H2,2-7H3. The lowest BCUT2D eigenvalue weighted by Gasteiger charge is -2.32. The average molecular weight is 361 g/mol. The number of carbonyl (C=O) groups is 1. The van der Waals surface area contributed by atoms with E-state index < -0.39 is 29.5 Å². The number of nitrogens with zero attached hydrogens (tertiary/aromatic N) is 2. The maximum absolute atomic E-state index is 12.5. The van der Waals surface area contributed by atoms with E-state index in [0.29, 0.717) is 13.0 Å². The van der Waals surface area contributed by atoms with Gasteiger partial charge >= 0.3 is 13.1 Å². The summed E-state index contributed by atoms with van der Waals surface area (Å²) < 4.78 is 19.2. The zero-order chi connectivity index (χ0) is 19.4. The van der Waals surface area contributed by atoms with Gasteiger partial charge in [-0.2, -0.15) is 5.10 Å². The predicted molar refractivity (Wildman–Crippen MR) is 98.9 cm³/mol. The molecule has 2 aliphatic heterocycles. The molecule has 2 aliphatic rings. The van der Waals surface area contributed by atoms with Gasteiger partial charge in [-0.15, -0.1) is 6.58 Å². The van der Waals surface area contributed by atoms with Gasteiger partial charge in [0.25, 0.3) is 0 Å². The molecule has 7 nitrogen and oxygen atoms in total. The Balaban J connectivity index is 1.84. The minimum atomic E-state index is -0.857. The third-order valence-corrected chi connectivity index (χ3v) is 5.89. The summed E-state index contributed by atoms with van der Waals surface area (Å²) in [6.07, 6.45) is 5.75. The fourth-order valence-corrected chi connectivity index (χ4v) is 3.37. The van der Waals surface area contributed by atoms with Crippen LogP contribution < -0.4 is 10.8 Å². The molecule has 0 spiro atoms. The van der Waals surface area contributed by atoms with Gasteiger partial charge in [0.05, 0.1) is 17.8 Å². The molecule has 2 unspecified atom stereocenters. The van der Waals surface area contributed by atoms with Crippen molar-refractivity contribution in [2.75, 3.05) is 6.61 Å². The van der Waals surface area contributed by atoms with E-state index in [9.17, 15) is 4.79 Å². The first kappa shape index (κ1) is 19.1. The van der Waals surface area contributed by atoms with Gasteiger partial charge in [-0.1, -0.05) is 6.08 Å². The molecule has 3 heterocycles.